The summed E-state index contributed by atoms with van der Waals surface area (Å²) in [7, 11) is 0. The normalized spacial score (nSPS) is 17.3. The molecule has 0 atom stereocenters. The summed E-state index contributed by atoms with van der Waals surface area (Å²) in [6.07, 6.45) is 4.51. The largest absolute Gasteiger partial charge is 0.361 e. The number of nitrogens with zero attached hydrogens (tertiary/aromatic N) is 1. The van der Waals surface area contributed by atoms with Crippen LogP contribution in [0.5, 0.6) is 0 Å². The first-order valence-corrected chi connectivity index (χ1v) is 10.1. The first kappa shape index (κ1) is 17.2. The summed E-state index contributed by atoms with van der Waals surface area (Å²) in [6, 6.07) is 16.1. The quantitative estimate of drug-likeness (QED) is 0.821. The van der Waals surface area contributed by atoms with E-state index in [2.05, 4.69) is 22.8 Å². The molecule has 0 aromatic heterocycles. The maximum atomic E-state index is 12.4. The van der Waals surface area contributed by atoms with Crippen molar-refractivity contribution in [3.63, 3.8) is 0 Å². The zero-order valence-electron chi connectivity index (χ0n) is 14.9. The third kappa shape index (κ3) is 3.63. The lowest BCUT2D eigenvalue weighted by Gasteiger charge is -2.33. The molecule has 5 heteroatoms. The number of aliphatic imine (C=N–C) groups is 1. The van der Waals surface area contributed by atoms with E-state index in [1.165, 1.54) is 24.6 Å². The minimum atomic E-state index is -0.177. The van der Waals surface area contributed by atoms with Gasteiger partial charge in [0.2, 0.25) is 5.91 Å². The lowest BCUT2D eigenvalue weighted by Crippen LogP contribution is -2.37. The Labute approximate surface area is 158 Å². The molecular weight excluding hydrogens is 342 g/mol. The van der Waals surface area contributed by atoms with Crippen LogP contribution in [0.3, 0.4) is 0 Å². The van der Waals surface area contributed by atoms with Crippen LogP contribution in [0.25, 0.3) is 0 Å². The SMILES string of the molecule is Cc1cccc(NC(=O)CSC2=NC3(CCCC3)Nc3ccccc32)c1. The number of aryl methyl sites for hydroxylation is 1. The number of benzene rings is 2. The maximum absolute atomic E-state index is 12.4. The Morgan fingerprint density at radius 2 is 2.00 bits per heavy atom. The highest BCUT2D eigenvalue weighted by atomic mass is 32.2. The molecule has 2 aromatic rings. The summed E-state index contributed by atoms with van der Waals surface area (Å²) in [4.78, 5) is 17.4. The molecule has 1 spiro atoms. The van der Waals surface area contributed by atoms with Crippen molar-refractivity contribution in [3.05, 3.63) is 59.7 Å². The number of amides is 1. The summed E-state index contributed by atoms with van der Waals surface area (Å²) in [5.74, 6) is 0.358. The second-order valence-corrected chi connectivity index (χ2v) is 8.00. The fourth-order valence-electron chi connectivity index (χ4n) is 3.67. The molecule has 2 aromatic carbocycles. The van der Waals surface area contributed by atoms with Gasteiger partial charge < -0.3 is 10.6 Å². The molecule has 0 unspecified atom stereocenters. The van der Waals surface area contributed by atoms with E-state index in [0.29, 0.717) is 5.75 Å². The maximum Gasteiger partial charge on any atom is 0.234 e. The van der Waals surface area contributed by atoms with Gasteiger partial charge in [-0.3, -0.25) is 4.79 Å². The zero-order chi connectivity index (χ0) is 18.0. The highest BCUT2D eigenvalue weighted by molar-refractivity contribution is 8.15. The Balaban J connectivity index is 1.49. The molecule has 1 aliphatic heterocycles. The molecule has 134 valence electrons. The Kier molecular flexibility index (Phi) is 4.72. The molecule has 1 heterocycles. The van der Waals surface area contributed by atoms with E-state index in [1.54, 1.807) is 0 Å². The molecule has 1 amide bonds. The monoisotopic (exact) mass is 365 g/mol. The van der Waals surface area contributed by atoms with Crippen molar-refractivity contribution in [2.24, 2.45) is 4.99 Å². The van der Waals surface area contributed by atoms with Crippen molar-refractivity contribution in [2.45, 2.75) is 38.3 Å². The van der Waals surface area contributed by atoms with Gasteiger partial charge in [0.05, 0.1) is 5.75 Å². The Morgan fingerprint density at radius 1 is 1.19 bits per heavy atom. The summed E-state index contributed by atoms with van der Waals surface area (Å²) >= 11 is 1.53. The summed E-state index contributed by atoms with van der Waals surface area (Å²) in [5.41, 5.74) is 4.03. The van der Waals surface area contributed by atoms with E-state index in [4.69, 9.17) is 4.99 Å². The fraction of sp³-hybridized carbons (Fsp3) is 0.333. The number of fused-ring (bicyclic) bond motifs is 1. The van der Waals surface area contributed by atoms with Gasteiger partial charge in [0.1, 0.15) is 10.7 Å². The summed E-state index contributed by atoms with van der Waals surface area (Å²) in [6.45, 7) is 2.02. The van der Waals surface area contributed by atoms with E-state index < -0.39 is 0 Å². The zero-order valence-corrected chi connectivity index (χ0v) is 15.7. The summed E-state index contributed by atoms with van der Waals surface area (Å²) in [5, 5.41) is 7.58. The van der Waals surface area contributed by atoms with Gasteiger partial charge in [0, 0.05) is 16.9 Å². The van der Waals surface area contributed by atoms with Crippen LogP contribution in [0.15, 0.2) is 53.5 Å². The smallest absolute Gasteiger partial charge is 0.234 e. The molecule has 2 N–H and O–H groups in total. The average molecular weight is 366 g/mol. The third-order valence-electron chi connectivity index (χ3n) is 4.91. The van der Waals surface area contributed by atoms with Gasteiger partial charge in [0.25, 0.3) is 0 Å². The average Bonchev–Trinajstić information content (AvgIpc) is 3.07. The predicted molar refractivity (Wildman–Crippen MR) is 110 cm³/mol. The highest BCUT2D eigenvalue weighted by Gasteiger charge is 2.37. The minimum absolute atomic E-state index is 0.000198. The van der Waals surface area contributed by atoms with Gasteiger partial charge in [0.15, 0.2) is 0 Å². The fourth-order valence-corrected chi connectivity index (χ4v) is 4.59. The molecule has 1 fully saturated rings. The topological polar surface area (TPSA) is 53.5 Å². The van der Waals surface area contributed by atoms with Gasteiger partial charge in [-0.15, -0.1) is 0 Å². The van der Waals surface area contributed by atoms with Crippen molar-refractivity contribution >= 4 is 34.1 Å². The minimum Gasteiger partial charge on any atom is -0.361 e. The molecule has 4 rings (SSSR count). The Hall–Kier alpha value is -2.27. The molecule has 26 heavy (non-hydrogen) atoms. The molecule has 1 saturated carbocycles. The number of hydrogen-bond donors (Lipinski definition) is 2. The van der Waals surface area contributed by atoms with Gasteiger partial charge >= 0.3 is 0 Å². The molecule has 0 bridgehead atoms. The molecular formula is C21H23N3OS. The van der Waals surface area contributed by atoms with Crippen LogP contribution in [0.1, 0.15) is 36.8 Å². The first-order chi connectivity index (χ1) is 12.6. The Morgan fingerprint density at radius 3 is 2.81 bits per heavy atom. The van der Waals surface area contributed by atoms with Crippen molar-refractivity contribution in [1.82, 2.24) is 0 Å². The Bertz CT molecular complexity index is 856. The molecule has 0 saturated heterocycles. The number of hydrogen-bond acceptors (Lipinski definition) is 4. The molecule has 0 radical (unpaired) electrons. The number of thioether (sulfide) groups is 1. The van der Waals surface area contributed by atoms with Gasteiger partial charge in [-0.1, -0.05) is 42.1 Å². The van der Waals surface area contributed by atoms with Crippen molar-refractivity contribution < 1.29 is 4.79 Å². The van der Waals surface area contributed by atoms with E-state index >= 15 is 0 Å². The second kappa shape index (κ2) is 7.16. The number of rotatable bonds is 3. The van der Waals surface area contributed by atoms with E-state index in [0.717, 1.165) is 40.4 Å². The number of nitrogens with one attached hydrogen (secondary N) is 2. The molecule has 4 nitrogen and oxygen atoms in total. The number of para-hydroxylation sites is 1. The number of carbonyl (C=O) groups is 1. The lowest BCUT2D eigenvalue weighted by molar-refractivity contribution is -0.113. The summed E-state index contributed by atoms with van der Waals surface area (Å²) < 4.78 is 0. The molecule has 2 aliphatic rings. The first-order valence-electron chi connectivity index (χ1n) is 9.10. The second-order valence-electron chi connectivity index (χ2n) is 7.03. The molecule has 1 aliphatic carbocycles. The van der Waals surface area contributed by atoms with Crippen molar-refractivity contribution in [2.75, 3.05) is 16.4 Å². The van der Waals surface area contributed by atoms with E-state index in [-0.39, 0.29) is 11.6 Å². The van der Waals surface area contributed by atoms with E-state index in [9.17, 15) is 4.79 Å². The van der Waals surface area contributed by atoms with Gasteiger partial charge in [-0.25, -0.2) is 4.99 Å². The highest BCUT2D eigenvalue weighted by Crippen LogP contribution is 2.40. The van der Waals surface area contributed by atoms with Gasteiger partial charge in [-0.05, 0) is 56.4 Å². The van der Waals surface area contributed by atoms with Crippen LogP contribution in [0.4, 0.5) is 11.4 Å². The van der Waals surface area contributed by atoms with Crippen LogP contribution < -0.4 is 10.6 Å². The number of carbonyl (C=O) groups excluding carboxylic acids is 1. The van der Waals surface area contributed by atoms with E-state index in [1.807, 2.05) is 43.3 Å². The number of anilines is 2. The standard InChI is InChI=1S/C21H23N3OS/c1-15-7-6-8-16(13-15)22-19(25)14-26-20-17-9-2-3-10-18(17)23-21(24-20)11-4-5-12-21/h2-3,6-10,13,23H,4-5,11-12,14H2,1H3,(H,22,25). The van der Waals surface area contributed by atoms with Crippen molar-refractivity contribution in [1.29, 1.82) is 0 Å². The third-order valence-corrected chi connectivity index (χ3v) is 5.90. The van der Waals surface area contributed by atoms with Crippen LogP contribution >= 0.6 is 11.8 Å². The predicted octanol–water partition coefficient (Wildman–Crippen LogP) is 4.81. The van der Waals surface area contributed by atoms with Crippen LogP contribution in [0, 0.1) is 6.92 Å². The van der Waals surface area contributed by atoms with Crippen LogP contribution in [-0.2, 0) is 4.79 Å². The van der Waals surface area contributed by atoms with Gasteiger partial charge in [-0.2, -0.15) is 0 Å². The van der Waals surface area contributed by atoms with Crippen LogP contribution in [0.2, 0.25) is 0 Å². The van der Waals surface area contributed by atoms with Crippen molar-refractivity contribution in [3.8, 4) is 0 Å². The van der Waals surface area contributed by atoms with Crippen LogP contribution in [-0.4, -0.2) is 22.4 Å². The lowest BCUT2D eigenvalue weighted by atomic mass is 10.0.